The van der Waals surface area contributed by atoms with Crippen LogP contribution >= 0.6 is 31.9 Å². The molecule has 0 bridgehead atoms. The summed E-state index contributed by atoms with van der Waals surface area (Å²) >= 11 is 6.82. The van der Waals surface area contributed by atoms with Gasteiger partial charge in [-0.1, -0.05) is 0 Å². The molecule has 0 radical (unpaired) electrons. The Morgan fingerprint density at radius 3 is 2.92 bits per heavy atom. The second-order valence-electron chi connectivity index (χ2n) is 2.62. The Morgan fingerprint density at radius 2 is 2.23 bits per heavy atom. The van der Waals surface area contributed by atoms with Crippen LogP contribution in [0, 0.1) is 0 Å². The zero-order valence-corrected chi connectivity index (χ0v) is 10.1. The van der Waals surface area contributed by atoms with Gasteiger partial charge in [-0.25, -0.2) is 4.98 Å². The average Bonchev–Trinajstić information content (AvgIpc) is 2.47. The van der Waals surface area contributed by atoms with Crippen molar-refractivity contribution in [3.05, 3.63) is 21.3 Å². The zero-order chi connectivity index (χ0) is 9.42. The van der Waals surface area contributed by atoms with E-state index in [-0.39, 0.29) is 0 Å². The fraction of sp³-hybridized carbons (Fsp3) is 0.250. The number of halogens is 2. The van der Waals surface area contributed by atoms with Crippen LogP contribution in [0.3, 0.4) is 0 Å². The van der Waals surface area contributed by atoms with Gasteiger partial charge in [0.1, 0.15) is 15.6 Å². The Morgan fingerprint density at radius 1 is 1.46 bits per heavy atom. The topological polar surface area (TPSA) is 30.7 Å². The minimum Gasteiger partial charge on any atom is -0.262 e. The molecule has 0 saturated carbocycles. The first-order valence-corrected chi connectivity index (χ1v) is 5.48. The summed E-state index contributed by atoms with van der Waals surface area (Å²) in [7, 11) is 0. The molecule has 0 unspecified atom stereocenters. The molecule has 68 valence electrons. The SMILES string of the molecule is CCn1ncc2nc(Br)cc(Br)c21. The third-order valence-corrected chi connectivity index (χ3v) is 2.83. The molecule has 0 spiro atoms. The maximum absolute atomic E-state index is 4.31. The number of nitrogens with zero attached hydrogens (tertiary/aromatic N) is 3. The van der Waals surface area contributed by atoms with Crippen LogP contribution < -0.4 is 0 Å². The van der Waals surface area contributed by atoms with Crippen molar-refractivity contribution >= 4 is 42.9 Å². The first-order chi connectivity index (χ1) is 6.22. The summed E-state index contributed by atoms with van der Waals surface area (Å²) in [4.78, 5) is 4.31. The zero-order valence-electron chi connectivity index (χ0n) is 6.96. The Kier molecular flexibility index (Phi) is 2.38. The van der Waals surface area contributed by atoms with E-state index in [1.165, 1.54) is 0 Å². The van der Waals surface area contributed by atoms with E-state index < -0.39 is 0 Å². The van der Waals surface area contributed by atoms with Crippen LogP contribution in [0.5, 0.6) is 0 Å². The highest BCUT2D eigenvalue weighted by Gasteiger charge is 2.07. The van der Waals surface area contributed by atoms with Crippen molar-refractivity contribution < 1.29 is 0 Å². The van der Waals surface area contributed by atoms with Crippen molar-refractivity contribution in [2.45, 2.75) is 13.5 Å². The van der Waals surface area contributed by atoms with Gasteiger partial charge >= 0.3 is 0 Å². The fourth-order valence-electron chi connectivity index (χ4n) is 1.26. The van der Waals surface area contributed by atoms with Crippen LogP contribution in [0.15, 0.2) is 21.3 Å². The van der Waals surface area contributed by atoms with Gasteiger partial charge in [0, 0.05) is 11.0 Å². The summed E-state index contributed by atoms with van der Waals surface area (Å²) in [6.07, 6.45) is 1.77. The first-order valence-electron chi connectivity index (χ1n) is 3.90. The Hall–Kier alpha value is -0.420. The minimum absolute atomic E-state index is 0.822. The van der Waals surface area contributed by atoms with E-state index in [0.29, 0.717) is 0 Å². The van der Waals surface area contributed by atoms with Gasteiger partial charge in [0.2, 0.25) is 0 Å². The van der Waals surface area contributed by atoms with E-state index in [2.05, 4.69) is 48.9 Å². The maximum atomic E-state index is 4.31. The van der Waals surface area contributed by atoms with Crippen LogP contribution in [0.4, 0.5) is 0 Å². The number of rotatable bonds is 1. The molecule has 13 heavy (non-hydrogen) atoms. The van der Waals surface area contributed by atoms with Crippen LogP contribution in [0.2, 0.25) is 0 Å². The highest BCUT2D eigenvalue weighted by atomic mass is 79.9. The molecule has 0 N–H and O–H groups in total. The van der Waals surface area contributed by atoms with Gasteiger partial charge in [0.05, 0.1) is 6.20 Å². The normalized spacial score (nSPS) is 11.0. The first kappa shape index (κ1) is 9.15. The molecule has 0 fully saturated rings. The standard InChI is InChI=1S/C8H7Br2N3/c1-2-13-8-5(9)3-7(10)12-6(8)4-11-13/h3-4H,2H2,1H3. The second kappa shape index (κ2) is 3.38. The molecule has 0 aliphatic heterocycles. The van der Waals surface area contributed by atoms with Crippen molar-refractivity contribution in [3.8, 4) is 0 Å². The fourth-order valence-corrected chi connectivity index (χ4v) is 2.61. The number of aryl methyl sites for hydroxylation is 1. The minimum atomic E-state index is 0.822. The van der Waals surface area contributed by atoms with Gasteiger partial charge in [-0.15, -0.1) is 0 Å². The molecular formula is C8H7Br2N3. The van der Waals surface area contributed by atoms with Crippen molar-refractivity contribution in [1.29, 1.82) is 0 Å². The van der Waals surface area contributed by atoms with E-state index in [4.69, 9.17) is 0 Å². The molecule has 2 aromatic heterocycles. The van der Waals surface area contributed by atoms with E-state index in [1.54, 1.807) is 6.20 Å². The highest BCUT2D eigenvalue weighted by Crippen LogP contribution is 2.25. The number of pyridine rings is 1. The van der Waals surface area contributed by atoms with Gasteiger partial charge < -0.3 is 0 Å². The lowest BCUT2D eigenvalue weighted by Crippen LogP contribution is -1.96. The molecule has 2 rings (SSSR count). The van der Waals surface area contributed by atoms with E-state index >= 15 is 0 Å². The number of hydrogen-bond donors (Lipinski definition) is 0. The van der Waals surface area contributed by atoms with Gasteiger partial charge in [0.15, 0.2) is 0 Å². The lowest BCUT2D eigenvalue weighted by atomic mass is 10.4. The average molecular weight is 305 g/mol. The summed E-state index contributed by atoms with van der Waals surface area (Å²) < 4.78 is 3.75. The van der Waals surface area contributed by atoms with Crippen molar-refractivity contribution in [3.63, 3.8) is 0 Å². The van der Waals surface area contributed by atoms with Crippen molar-refractivity contribution in [1.82, 2.24) is 14.8 Å². The van der Waals surface area contributed by atoms with E-state index in [9.17, 15) is 0 Å². The number of fused-ring (bicyclic) bond motifs is 1. The smallest absolute Gasteiger partial charge is 0.111 e. The van der Waals surface area contributed by atoms with Crippen LogP contribution in [-0.2, 0) is 6.54 Å². The monoisotopic (exact) mass is 303 g/mol. The Labute approximate surface area is 92.4 Å². The Balaban J connectivity index is 2.82. The summed E-state index contributed by atoms with van der Waals surface area (Å²) in [5.74, 6) is 0. The predicted octanol–water partition coefficient (Wildman–Crippen LogP) is 2.98. The quantitative estimate of drug-likeness (QED) is 0.758. The molecule has 0 aliphatic carbocycles. The lowest BCUT2D eigenvalue weighted by Gasteiger charge is -2.00. The molecule has 2 aromatic rings. The Bertz CT molecular complexity index is 450. The molecular weight excluding hydrogens is 298 g/mol. The van der Waals surface area contributed by atoms with Gasteiger partial charge in [-0.05, 0) is 44.8 Å². The molecule has 0 aromatic carbocycles. The lowest BCUT2D eigenvalue weighted by molar-refractivity contribution is 0.683. The maximum Gasteiger partial charge on any atom is 0.111 e. The third kappa shape index (κ3) is 1.50. The summed E-state index contributed by atoms with van der Waals surface area (Å²) in [5, 5.41) is 4.22. The summed E-state index contributed by atoms with van der Waals surface area (Å²) in [6.45, 7) is 2.91. The molecule has 5 heteroatoms. The summed E-state index contributed by atoms with van der Waals surface area (Å²) in [6, 6.07) is 1.93. The highest BCUT2D eigenvalue weighted by molar-refractivity contribution is 9.11. The van der Waals surface area contributed by atoms with E-state index in [0.717, 1.165) is 26.7 Å². The molecule has 0 atom stereocenters. The van der Waals surface area contributed by atoms with Crippen molar-refractivity contribution in [2.75, 3.05) is 0 Å². The molecule has 0 saturated heterocycles. The van der Waals surface area contributed by atoms with Crippen molar-refractivity contribution in [2.24, 2.45) is 0 Å². The molecule has 0 amide bonds. The van der Waals surface area contributed by atoms with Crippen LogP contribution in [0.25, 0.3) is 11.0 Å². The van der Waals surface area contributed by atoms with Gasteiger partial charge in [-0.3, -0.25) is 4.68 Å². The molecule has 2 heterocycles. The molecule has 0 aliphatic rings. The van der Waals surface area contributed by atoms with E-state index in [1.807, 2.05) is 10.7 Å². The number of hydrogen-bond acceptors (Lipinski definition) is 2. The molecule has 3 nitrogen and oxygen atoms in total. The predicted molar refractivity (Wildman–Crippen MR) is 58.6 cm³/mol. The summed E-state index contributed by atoms with van der Waals surface area (Å²) in [5.41, 5.74) is 1.95. The van der Waals surface area contributed by atoms with Gasteiger partial charge in [-0.2, -0.15) is 5.10 Å². The third-order valence-electron chi connectivity index (χ3n) is 1.82. The van der Waals surface area contributed by atoms with Gasteiger partial charge in [0.25, 0.3) is 0 Å². The largest absolute Gasteiger partial charge is 0.262 e. The van der Waals surface area contributed by atoms with Crippen LogP contribution in [0.1, 0.15) is 6.92 Å². The number of aromatic nitrogens is 3. The van der Waals surface area contributed by atoms with Crippen LogP contribution in [-0.4, -0.2) is 14.8 Å². The second-order valence-corrected chi connectivity index (χ2v) is 4.29.